The van der Waals surface area contributed by atoms with Crippen molar-refractivity contribution < 1.29 is 36.2 Å². The predicted molar refractivity (Wildman–Crippen MR) is 97.3 cm³/mol. The first-order chi connectivity index (χ1) is 14.4. The number of hydrogen-bond donors (Lipinski definition) is 1. The number of alkyl halides is 6. The highest BCUT2D eigenvalue weighted by Gasteiger charge is 2.63. The smallest absolute Gasteiger partial charge is 0.438 e. The number of nitrogens with zero attached hydrogens (tertiary/aromatic N) is 4. The Morgan fingerprint density at radius 1 is 1.10 bits per heavy atom. The van der Waals surface area contributed by atoms with Crippen LogP contribution >= 0.6 is 0 Å². The highest BCUT2D eigenvalue weighted by molar-refractivity contribution is 5.92. The normalized spacial score (nSPS) is 21.9. The third kappa shape index (κ3) is 3.91. The Labute approximate surface area is 172 Å². The monoisotopic (exact) mass is 446 g/mol. The second kappa shape index (κ2) is 7.08. The second-order valence-electron chi connectivity index (χ2n) is 7.34. The first kappa shape index (κ1) is 21.3. The summed E-state index contributed by atoms with van der Waals surface area (Å²) in [4.78, 5) is 7.16. The summed E-state index contributed by atoms with van der Waals surface area (Å²) in [6, 6.07) is 6.46. The average molecular weight is 446 g/mol. The highest BCUT2D eigenvalue weighted by Crippen LogP contribution is 2.47. The van der Waals surface area contributed by atoms with E-state index in [1.165, 1.54) is 25.3 Å². The van der Waals surface area contributed by atoms with Crippen LogP contribution in [0.5, 0.6) is 5.75 Å². The molecule has 2 aliphatic rings. The molecule has 2 heterocycles. The Bertz CT molecular complexity index is 1030. The van der Waals surface area contributed by atoms with E-state index >= 15 is 0 Å². The standard InChI is InChI=1S/C19H16F6N4O2/c1-31-12-4-2-3-11(7-12)13-8-15(18(20,21)22)27-16(26-13)29-17(30,19(23,24)25)9-14(28-29)10-5-6-10/h2-4,7-8,10,30H,5-6,9H2,1H3/t17-/m1/s1. The maximum absolute atomic E-state index is 13.7. The molecule has 12 heteroatoms. The molecule has 1 aliphatic heterocycles. The summed E-state index contributed by atoms with van der Waals surface area (Å²) >= 11 is 0. The number of aliphatic hydroxyl groups is 1. The van der Waals surface area contributed by atoms with Gasteiger partial charge in [-0.1, -0.05) is 12.1 Å². The number of ether oxygens (including phenoxy) is 1. The van der Waals surface area contributed by atoms with E-state index in [1.54, 1.807) is 6.07 Å². The molecule has 31 heavy (non-hydrogen) atoms. The molecule has 0 bridgehead atoms. The van der Waals surface area contributed by atoms with Crippen LogP contribution in [0.1, 0.15) is 25.0 Å². The van der Waals surface area contributed by atoms with E-state index in [4.69, 9.17) is 4.74 Å². The van der Waals surface area contributed by atoms with Crippen LogP contribution < -0.4 is 9.75 Å². The summed E-state index contributed by atoms with van der Waals surface area (Å²) in [5.74, 6) is -0.932. The van der Waals surface area contributed by atoms with E-state index in [9.17, 15) is 31.4 Å². The van der Waals surface area contributed by atoms with E-state index in [2.05, 4.69) is 15.1 Å². The van der Waals surface area contributed by atoms with Crippen LogP contribution in [0.2, 0.25) is 0 Å². The topological polar surface area (TPSA) is 70.8 Å². The number of rotatable bonds is 4. The Kier molecular flexibility index (Phi) is 4.87. The molecule has 0 amide bonds. The van der Waals surface area contributed by atoms with Gasteiger partial charge in [0.25, 0.3) is 5.72 Å². The summed E-state index contributed by atoms with van der Waals surface area (Å²) in [5, 5.41) is 14.3. The molecule has 1 fully saturated rings. The minimum atomic E-state index is -5.21. The molecule has 1 aromatic carbocycles. The molecule has 1 N–H and O–H groups in total. The van der Waals surface area contributed by atoms with E-state index < -0.39 is 36.1 Å². The molecule has 1 aromatic heterocycles. The second-order valence-corrected chi connectivity index (χ2v) is 7.34. The summed E-state index contributed by atoms with van der Waals surface area (Å²) in [5.41, 5.74) is -5.08. The van der Waals surface area contributed by atoms with Gasteiger partial charge in [-0.15, -0.1) is 0 Å². The van der Waals surface area contributed by atoms with E-state index in [-0.39, 0.29) is 27.9 Å². The van der Waals surface area contributed by atoms with E-state index in [1.807, 2.05) is 0 Å². The predicted octanol–water partition coefficient (Wildman–Crippen LogP) is 4.40. The van der Waals surface area contributed by atoms with Gasteiger partial charge < -0.3 is 9.84 Å². The van der Waals surface area contributed by atoms with Gasteiger partial charge in [0.2, 0.25) is 5.95 Å². The fourth-order valence-electron chi connectivity index (χ4n) is 3.25. The number of hydrazone groups is 1. The largest absolute Gasteiger partial charge is 0.497 e. The summed E-state index contributed by atoms with van der Waals surface area (Å²) in [6.07, 6.45) is -9.86. The number of hydrogen-bond acceptors (Lipinski definition) is 6. The number of benzene rings is 1. The summed E-state index contributed by atoms with van der Waals surface area (Å²) in [7, 11) is 1.35. The van der Waals surface area contributed by atoms with Crippen molar-refractivity contribution in [1.82, 2.24) is 9.97 Å². The minimum Gasteiger partial charge on any atom is -0.497 e. The first-order valence-corrected chi connectivity index (χ1v) is 9.20. The zero-order valence-electron chi connectivity index (χ0n) is 16.0. The lowest BCUT2D eigenvalue weighted by atomic mass is 10.0. The van der Waals surface area contributed by atoms with Gasteiger partial charge in [0, 0.05) is 17.7 Å². The summed E-state index contributed by atoms with van der Waals surface area (Å²) in [6.45, 7) is 0. The van der Waals surface area contributed by atoms with Gasteiger partial charge in [-0.25, -0.2) is 9.97 Å². The van der Waals surface area contributed by atoms with Crippen LogP contribution in [0.25, 0.3) is 11.3 Å². The maximum Gasteiger partial charge on any atom is 0.438 e. The van der Waals surface area contributed by atoms with Crippen molar-refractivity contribution in [2.24, 2.45) is 11.0 Å². The fraction of sp³-hybridized carbons (Fsp3) is 0.421. The van der Waals surface area contributed by atoms with E-state index in [0.717, 1.165) is 0 Å². The Morgan fingerprint density at radius 3 is 2.39 bits per heavy atom. The lowest BCUT2D eigenvalue weighted by Crippen LogP contribution is -2.55. The lowest BCUT2D eigenvalue weighted by molar-refractivity contribution is -0.254. The zero-order chi connectivity index (χ0) is 22.6. The van der Waals surface area contributed by atoms with Crippen LogP contribution in [0.4, 0.5) is 32.3 Å². The van der Waals surface area contributed by atoms with Gasteiger partial charge in [0.15, 0.2) is 5.69 Å². The van der Waals surface area contributed by atoms with Crippen LogP contribution in [0.15, 0.2) is 35.4 Å². The minimum absolute atomic E-state index is 0.0551. The van der Waals surface area contributed by atoms with Crippen molar-refractivity contribution in [1.29, 1.82) is 0 Å². The molecule has 166 valence electrons. The van der Waals surface area contributed by atoms with Gasteiger partial charge in [-0.3, -0.25) is 0 Å². The molecular weight excluding hydrogens is 430 g/mol. The number of aromatic nitrogens is 2. The van der Waals surface area contributed by atoms with Gasteiger partial charge in [0.1, 0.15) is 5.75 Å². The number of methoxy groups -OCH3 is 1. The van der Waals surface area contributed by atoms with Crippen LogP contribution in [0.3, 0.4) is 0 Å². The molecule has 0 radical (unpaired) electrons. The Balaban J connectivity index is 1.88. The molecule has 1 atom stereocenters. The molecule has 2 aromatic rings. The lowest BCUT2D eigenvalue weighted by Gasteiger charge is -2.32. The van der Waals surface area contributed by atoms with E-state index in [0.29, 0.717) is 24.7 Å². The van der Waals surface area contributed by atoms with Crippen LogP contribution in [-0.2, 0) is 6.18 Å². The van der Waals surface area contributed by atoms with Crippen LogP contribution in [-0.4, -0.2) is 39.8 Å². The third-order valence-electron chi connectivity index (χ3n) is 5.07. The van der Waals surface area contributed by atoms with Crippen molar-refractivity contribution >= 4 is 11.7 Å². The van der Waals surface area contributed by atoms with Gasteiger partial charge >= 0.3 is 12.4 Å². The van der Waals surface area contributed by atoms with Crippen molar-refractivity contribution in [2.75, 3.05) is 12.1 Å². The van der Waals surface area contributed by atoms with Crippen molar-refractivity contribution in [3.05, 3.63) is 36.0 Å². The van der Waals surface area contributed by atoms with Gasteiger partial charge in [0.05, 0.1) is 12.8 Å². The zero-order valence-corrected chi connectivity index (χ0v) is 16.0. The molecular formula is C19H16F6N4O2. The molecule has 6 nitrogen and oxygen atoms in total. The van der Waals surface area contributed by atoms with Gasteiger partial charge in [-0.05, 0) is 37.0 Å². The molecule has 4 rings (SSSR count). The first-order valence-electron chi connectivity index (χ1n) is 9.20. The van der Waals surface area contributed by atoms with Crippen molar-refractivity contribution in [3.8, 4) is 17.0 Å². The molecule has 1 aliphatic carbocycles. The maximum atomic E-state index is 13.7. The highest BCUT2D eigenvalue weighted by atomic mass is 19.4. The fourth-order valence-corrected chi connectivity index (χ4v) is 3.25. The van der Waals surface area contributed by atoms with Crippen LogP contribution in [0, 0.1) is 5.92 Å². The molecule has 0 unspecified atom stereocenters. The Morgan fingerprint density at radius 2 is 1.81 bits per heavy atom. The van der Waals surface area contributed by atoms with Crippen molar-refractivity contribution in [2.45, 2.75) is 37.3 Å². The van der Waals surface area contributed by atoms with Gasteiger partial charge in [-0.2, -0.15) is 36.5 Å². The average Bonchev–Trinajstić information content (AvgIpc) is 3.48. The number of anilines is 1. The summed E-state index contributed by atoms with van der Waals surface area (Å²) < 4.78 is 86.7. The molecule has 1 saturated carbocycles. The molecule has 0 spiro atoms. The number of halogens is 6. The quantitative estimate of drug-likeness (QED) is 0.706. The third-order valence-corrected chi connectivity index (χ3v) is 5.07. The Hall–Kier alpha value is -2.89. The molecule has 0 saturated heterocycles. The SMILES string of the molecule is COc1cccc(-c2cc(C(F)(F)F)nc(N3N=C(C4CC4)C[C@@]3(O)C(F)(F)F)n2)c1. The van der Waals surface area contributed by atoms with Crippen molar-refractivity contribution in [3.63, 3.8) is 0 Å².